The second kappa shape index (κ2) is 7.17. The monoisotopic (exact) mass is 217 g/mol. The van der Waals surface area contributed by atoms with E-state index in [0.29, 0.717) is 19.3 Å². The van der Waals surface area contributed by atoms with Crippen LogP contribution in [0, 0.1) is 0 Å². The Morgan fingerprint density at radius 3 is 2.80 bits per heavy atom. The average molecular weight is 217 g/mol. The maximum Gasteiger partial charge on any atom is 0.0948 e. The molecule has 1 fully saturated rings. The largest absolute Gasteiger partial charge is 0.389 e. The third-order valence-electron chi connectivity index (χ3n) is 2.48. The summed E-state index contributed by atoms with van der Waals surface area (Å²) in [6, 6.07) is 0.121. The van der Waals surface area contributed by atoms with E-state index < -0.39 is 0 Å². The number of aliphatic hydroxyl groups is 1. The predicted molar refractivity (Wildman–Crippen MR) is 58.9 cm³/mol. The van der Waals surface area contributed by atoms with Crippen molar-refractivity contribution in [3.8, 4) is 0 Å². The summed E-state index contributed by atoms with van der Waals surface area (Å²) in [6.07, 6.45) is 2.13. The summed E-state index contributed by atoms with van der Waals surface area (Å²) in [5.41, 5.74) is 0. The van der Waals surface area contributed by atoms with E-state index in [2.05, 4.69) is 5.32 Å². The van der Waals surface area contributed by atoms with Gasteiger partial charge in [0.2, 0.25) is 0 Å². The zero-order valence-electron chi connectivity index (χ0n) is 9.74. The third kappa shape index (κ3) is 5.47. The standard InChI is InChI=1S/C11H23NO3/c1-9(2)15-6-4-3-5-12-10-7-14-8-11(10)13/h9-13H,3-8H2,1-2H3. The minimum atomic E-state index is -0.336. The average Bonchev–Trinajstić information content (AvgIpc) is 2.57. The first-order valence-electron chi connectivity index (χ1n) is 5.81. The van der Waals surface area contributed by atoms with Gasteiger partial charge in [0.15, 0.2) is 0 Å². The molecule has 0 aromatic rings. The summed E-state index contributed by atoms with van der Waals surface area (Å²) in [4.78, 5) is 0. The quantitative estimate of drug-likeness (QED) is 0.611. The Balaban J connectivity index is 1.88. The molecule has 0 bridgehead atoms. The summed E-state index contributed by atoms with van der Waals surface area (Å²) in [7, 11) is 0. The summed E-state index contributed by atoms with van der Waals surface area (Å²) < 4.78 is 10.6. The highest BCUT2D eigenvalue weighted by Crippen LogP contribution is 2.04. The van der Waals surface area contributed by atoms with Crippen LogP contribution in [0.3, 0.4) is 0 Å². The smallest absolute Gasteiger partial charge is 0.0948 e. The molecule has 2 unspecified atom stereocenters. The van der Waals surface area contributed by atoms with Gasteiger partial charge in [0, 0.05) is 6.61 Å². The molecule has 1 saturated heterocycles. The maximum atomic E-state index is 9.45. The molecule has 1 rings (SSSR count). The first-order valence-corrected chi connectivity index (χ1v) is 5.81. The van der Waals surface area contributed by atoms with Crippen LogP contribution in [0.15, 0.2) is 0 Å². The highest BCUT2D eigenvalue weighted by Gasteiger charge is 2.24. The van der Waals surface area contributed by atoms with E-state index in [1.807, 2.05) is 13.8 Å². The van der Waals surface area contributed by atoms with Crippen LogP contribution in [0.25, 0.3) is 0 Å². The Labute approximate surface area is 92.0 Å². The van der Waals surface area contributed by atoms with Gasteiger partial charge in [0.1, 0.15) is 0 Å². The number of aliphatic hydroxyl groups excluding tert-OH is 1. The van der Waals surface area contributed by atoms with Gasteiger partial charge in [-0.05, 0) is 33.2 Å². The molecule has 1 heterocycles. The molecule has 15 heavy (non-hydrogen) atoms. The molecule has 2 N–H and O–H groups in total. The molecule has 0 aromatic heterocycles. The molecule has 0 aliphatic carbocycles. The van der Waals surface area contributed by atoms with Crippen LogP contribution in [0.2, 0.25) is 0 Å². The molecule has 0 aromatic carbocycles. The number of ether oxygens (including phenoxy) is 2. The second-order valence-electron chi connectivity index (χ2n) is 4.29. The molecule has 4 nitrogen and oxygen atoms in total. The van der Waals surface area contributed by atoms with Crippen molar-refractivity contribution in [3.63, 3.8) is 0 Å². The third-order valence-corrected chi connectivity index (χ3v) is 2.48. The molecule has 0 saturated carbocycles. The van der Waals surface area contributed by atoms with E-state index in [1.54, 1.807) is 0 Å². The minimum Gasteiger partial charge on any atom is -0.389 e. The van der Waals surface area contributed by atoms with Gasteiger partial charge in [-0.1, -0.05) is 0 Å². The van der Waals surface area contributed by atoms with Gasteiger partial charge in [-0.3, -0.25) is 0 Å². The summed E-state index contributed by atoms with van der Waals surface area (Å²) in [5, 5.41) is 12.7. The lowest BCUT2D eigenvalue weighted by Gasteiger charge is -2.14. The fraction of sp³-hybridized carbons (Fsp3) is 1.00. The Bertz CT molecular complexity index is 164. The Hall–Kier alpha value is -0.160. The summed E-state index contributed by atoms with van der Waals surface area (Å²) >= 11 is 0. The van der Waals surface area contributed by atoms with Crippen LogP contribution in [0.1, 0.15) is 26.7 Å². The van der Waals surface area contributed by atoms with Crippen molar-refractivity contribution in [3.05, 3.63) is 0 Å². The highest BCUT2D eigenvalue weighted by atomic mass is 16.5. The fourth-order valence-electron chi connectivity index (χ4n) is 1.57. The number of unbranched alkanes of at least 4 members (excludes halogenated alkanes) is 1. The van der Waals surface area contributed by atoms with Crippen molar-refractivity contribution >= 4 is 0 Å². The topological polar surface area (TPSA) is 50.7 Å². The van der Waals surface area contributed by atoms with Crippen LogP contribution in [0.5, 0.6) is 0 Å². The van der Waals surface area contributed by atoms with Crippen molar-refractivity contribution in [2.24, 2.45) is 0 Å². The van der Waals surface area contributed by atoms with Crippen molar-refractivity contribution in [1.82, 2.24) is 5.32 Å². The van der Waals surface area contributed by atoms with E-state index in [4.69, 9.17) is 9.47 Å². The number of hydrogen-bond acceptors (Lipinski definition) is 4. The van der Waals surface area contributed by atoms with Gasteiger partial charge in [0.05, 0.1) is 31.5 Å². The van der Waals surface area contributed by atoms with Crippen LogP contribution in [-0.4, -0.2) is 49.7 Å². The zero-order valence-corrected chi connectivity index (χ0v) is 9.74. The van der Waals surface area contributed by atoms with Crippen molar-refractivity contribution in [2.45, 2.75) is 44.9 Å². The van der Waals surface area contributed by atoms with Gasteiger partial charge >= 0.3 is 0 Å². The zero-order chi connectivity index (χ0) is 11.1. The van der Waals surface area contributed by atoms with E-state index in [0.717, 1.165) is 26.0 Å². The molecule has 1 aliphatic rings. The van der Waals surface area contributed by atoms with E-state index in [-0.39, 0.29) is 12.1 Å². The predicted octanol–water partition coefficient (Wildman–Crippen LogP) is 0.541. The Morgan fingerprint density at radius 2 is 2.20 bits per heavy atom. The molecule has 0 spiro atoms. The van der Waals surface area contributed by atoms with Crippen LogP contribution >= 0.6 is 0 Å². The number of rotatable bonds is 7. The maximum absolute atomic E-state index is 9.45. The summed E-state index contributed by atoms with van der Waals surface area (Å²) in [5.74, 6) is 0. The highest BCUT2D eigenvalue weighted by molar-refractivity contribution is 4.80. The van der Waals surface area contributed by atoms with Crippen LogP contribution in [-0.2, 0) is 9.47 Å². The first-order chi connectivity index (χ1) is 7.20. The van der Waals surface area contributed by atoms with E-state index >= 15 is 0 Å². The van der Waals surface area contributed by atoms with Gasteiger partial charge in [-0.15, -0.1) is 0 Å². The van der Waals surface area contributed by atoms with Gasteiger partial charge < -0.3 is 19.9 Å². The lowest BCUT2D eigenvalue weighted by molar-refractivity contribution is 0.0757. The molecule has 0 amide bonds. The van der Waals surface area contributed by atoms with Gasteiger partial charge in [-0.25, -0.2) is 0 Å². The van der Waals surface area contributed by atoms with E-state index in [1.165, 1.54) is 0 Å². The van der Waals surface area contributed by atoms with Crippen molar-refractivity contribution < 1.29 is 14.6 Å². The van der Waals surface area contributed by atoms with Crippen molar-refractivity contribution in [1.29, 1.82) is 0 Å². The molecule has 90 valence electrons. The molecular weight excluding hydrogens is 194 g/mol. The Kier molecular flexibility index (Phi) is 6.17. The van der Waals surface area contributed by atoms with E-state index in [9.17, 15) is 5.11 Å². The molecule has 2 atom stereocenters. The Morgan fingerprint density at radius 1 is 1.40 bits per heavy atom. The molecule has 4 heteroatoms. The SMILES string of the molecule is CC(C)OCCCCNC1COCC1O. The molecule has 1 aliphatic heterocycles. The number of nitrogens with one attached hydrogen (secondary N) is 1. The van der Waals surface area contributed by atoms with Gasteiger partial charge in [-0.2, -0.15) is 0 Å². The molecule has 0 radical (unpaired) electrons. The summed E-state index contributed by atoms with van der Waals surface area (Å²) in [6.45, 7) is 6.93. The second-order valence-corrected chi connectivity index (χ2v) is 4.29. The lowest BCUT2D eigenvalue weighted by Crippen LogP contribution is -2.39. The first kappa shape index (κ1) is 12.9. The minimum absolute atomic E-state index is 0.121. The number of hydrogen-bond donors (Lipinski definition) is 2. The molecular formula is C11H23NO3. The van der Waals surface area contributed by atoms with Crippen LogP contribution in [0.4, 0.5) is 0 Å². The normalized spacial score (nSPS) is 26.4. The van der Waals surface area contributed by atoms with Crippen molar-refractivity contribution in [2.75, 3.05) is 26.4 Å². The lowest BCUT2D eigenvalue weighted by atomic mass is 10.2. The van der Waals surface area contributed by atoms with Gasteiger partial charge in [0.25, 0.3) is 0 Å². The fourth-order valence-corrected chi connectivity index (χ4v) is 1.57. The van der Waals surface area contributed by atoms with Crippen LogP contribution < -0.4 is 5.32 Å².